The van der Waals surface area contributed by atoms with E-state index in [0.29, 0.717) is 23.4 Å². The van der Waals surface area contributed by atoms with Crippen LogP contribution in [0.3, 0.4) is 0 Å². The molecule has 2 rings (SSSR count). The van der Waals surface area contributed by atoms with E-state index in [9.17, 15) is 9.18 Å². The number of rotatable bonds is 3. The summed E-state index contributed by atoms with van der Waals surface area (Å²) in [6.45, 7) is 2.06. The number of ether oxygens (including phenoxy) is 1. The van der Waals surface area contributed by atoms with Gasteiger partial charge < -0.3 is 9.72 Å². The maximum absolute atomic E-state index is 13.5. The lowest BCUT2D eigenvalue weighted by atomic mass is 10.1. The van der Waals surface area contributed by atoms with Gasteiger partial charge in [0.2, 0.25) is 0 Å². The molecule has 1 aromatic carbocycles. The van der Waals surface area contributed by atoms with E-state index in [0.717, 1.165) is 0 Å². The molecular formula is C13H12FNO2. The molecule has 0 fully saturated rings. The average Bonchev–Trinajstić information content (AvgIpc) is 2.79. The highest BCUT2D eigenvalue weighted by atomic mass is 19.1. The molecule has 88 valence electrons. The Labute approximate surface area is 98.2 Å². The Kier molecular flexibility index (Phi) is 3.23. The van der Waals surface area contributed by atoms with Gasteiger partial charge in [0, 0.05) is 17.5 Å². The molecule has 0 aliphatic carbocycles. The van der Waals surface area contributed by atoms with Gasteiger partial charge in [-0.25, -0.2) is 9.18 Å². The lowest BCUT2D eigenvalue weighted by Gasteiger charge is -1.99. The second kappa shape index (κ2) is 4.82. The Morgan fingerprint density at radius 2 is 2.18 bits per heavy atom. The van der Waals surface area contributed by atoms with Gasteiger partial charge in [-0.05, 0) is 25.1 Å². The maximum atomic E-state index is 13.5. The van der Waals surface area contributed by atoms with Crippen LogP contribution in [0, 0.1) is 5.82 Å². The van der Waals surface area contributed by atoms with Gasteiger partial charge >= 0.3 is 5.97 Å². The van der Waals surface area contributed by atoms with E-state index >= 15 is 0 Å². The van der Waals surface area contributed by atoms with Gasteiger partial charge in [-0.1, -0.05) is 12.1 Å². The van der Waals surface area contributed by atoms with Crippen molar-refractivity contribution in [2.24, 2.45) is 0 Å². The van der Waals surface area contributed by atoms with E-state index in [4.69, 9.17) is 4.74 Å². The first-order valence-corrected chi connectivity index (χ1v) is 5.33. The topological polar surface area (TPSA) is 42.1 Å². The number of aromatic amines is 1. The summed E-state index contributed by atoms with van der Waals surface area (Å²) >= 11 is 0. The zero-order chi connectivity index (χ0) is 12.3. The molecule has 0 bridgehead atoms. The third-order valence-electron chi connectivity index (χ3n) is 2.36. The zero-order valence-electron chi connectivity index (χ0n) is 9.37. The van der Waals surface area contributed by atoms with Crippen LogP contribution < -0.4 is 0 Å². The van der Waals surface area contributed by atoms with Gasteiger partial charge in [-0.2, -0.15) is 0 Å². The monoisotopic (exact) mass is 233 g/mol. The summed E-state index contributed by atoms with van der Waals surface area (Å²) in [5, 5.41) is 0. The molecule has 4 heteroatoms. The Morgan fingerprint density at radius 3 is 2.88 bits per heavy atom. The molecule has 0 aliphatic rings. The molecule has 3 nitrogen and oxygen atoms in total. The van der Waals surface area contributed by atoms with Crippen molar-refractivity contribution < 1.29 is 13.9 Å². The third kappa shape index (κ3) is 2.36. The van der Waals surface area contributed by atoms with E-state index in [-0.39, 0.29) is 5.82 Å². The molecular weight excluding hydrogens is 221 g/mol. The molecule has 0 saturated carbocycles. The first kappa shape index (κ1) is 11.4. The highest BCUT2D eigenvalue weighted by Gasteiger charge is 2.11. The van der Waals surface area contributed by atoms with Crippen molar-refractivity contribution >= 4 is 5.97 Å². The van der Waals surface area contributed by atoms with Crippen LogP contribution in [0.5, 0.6) is 0 Å². The van der Waals surface area contributed by atoms with Crippen molar-refractivity contribution in [3.8, 4) is 11.3 Å². The minimum Gasteiger partial charge on any atom is -0.462 e. The van der Waals surface area contributed by atoms with E-state index in [1.165, 1.54) is 12.3 Å². The van der Waals surface area contributed by atoms with Crippen LogP contribution in [0.4, 0.5) is 4.39 Å². The molecule has 17 heavy (non-hydrogen) atoms. The van der Waals surface area contributed by atoms with Crippen LogP contribution in [0.25, 0.3) is 11.3 Å². The van der Waals surface area contributed by atoms with Crippen LogP contribution in [0.15, 0.2) is 36.5 Å². The predicted molar refractivity (Wildman–Crippen MR) is 62.1 cm³/mol. The number of hydrogen-bond donors (Lipinski definition) is 1. The van der Waals surface area contributed by atoms with E-state index < -0.39 is 5.97 Å². The van der Waals surface area contributed by atoms with Gasteiger partial charge in [0.1, 0.15) is 5.82 Å². The first-order valence-electron chi connectivity index (χ1n) is 5.33. The smallest absolute Gasteiger partial charge is 0.339 e. The summed E-state index contributed by atoms with van der Waals surface area (Å²) in [5.74, 6) is -0.740. The lowest BCUT2D eigenvalue weighted by molar-refractivity contribution is 0.0526. The van der Waals surface area contributed by atoms with E-state index in [2.05, 4.69) is 4.98 Å². The quantitative estimate of drug-likeness (QED) is 0.828. The average molecular weight is 233 g/mol. The number of H-pyrrole nitrogens is 1. The van der Waals surface area contributed by atoms with Crippen LogP contribution in [0.2, 0.25) is 0 Å². The molecule has 0 unspecified atom stereocenters. The van der Waals surface area contributed by atoms with Crippen LogP contribution in [-0.2, 0) is 4.74 Å². The lowest BCUT2D eigenvalue weighted by Crippen LogP contribution is -2.02. The Hall–Kier alpha value is -2.10. The van der Waals surface area contributed by atoms with Crippen LogP contribution in [0.1, 0.15) is 17.3 Å². The number of hydrogen-bond acceptors (Lipinski definition) is 2. The number of carbonyl (C=O) groups excluding carboxylic acids is 1. The fourth-order valence-corrected chi connectivity index (χ4v) is 1.56. The number of benzene rings is 1. The summed E-state index contributed by atoms with van der Waals surface area (Å²) in [4.78, 5) is 14.3. The van der Waals surface area contributed by atoms with Gasteiger partial charge in [0.05, 0.1) is 12.2 Å². The molecule has 0 aliphatic heterocycles. The van der Waals surface area contributed by atoms with Crippen molar-refractivity contribution in [2.45, 2.75) is 6.92 Å². The summed E-state index contributed by atoms with van der Waals surface area (Å²) in [7, 11) is 0. The molecule has 0 saturated heterocycles. The van der Waals surface area contributed by atoms with Crippen molar-refractivity contribution in [3.05, 3.63) is 47.9 Å². The molecule has 1 aromatic heterocycles. The fourth-order valence-electron chi connectivity index (χ4n) is 1.56. The number of aromatic nitrogens is 1. The number of halogens is 1. The molecule has 1 N–H and O–H groups in total. The Balaban J connectivity index is 2.30. The number of esters is 1. The maximum Gasteiger partial charge on any atom is 0.339 e. The SMILES string of the molecule is CCOC(=O)c1c[nH]c(-c2ccccc2F)c1. The first-order chi connectivity index (χ1) is 8.22. The summed E-state index contributed by atoms with van der Waals surface area (Å²) in [6, 6.07) is 7.96. The second-order valence-electron chi connectivity index (χ2n) is 3.50. The van der Waals surface area contributed by atoms with E-state index in [1.807, 2.05) is 0 Å². The van der Waals surface area contributed by atoms with Crippen LogP contribution >= 0.6 is 0 Å². The summed E-state index contributed by atoms with van der Waals surface area (Å²) in [6.07, 6.45) is 1.51. The normalized spacial score (nSPS) is 10.2. The molecule has 0 atom stereocenters. The van der Waals surface area contributed by atoms with Gasteiger partial charge in [-0.3, -0.25) is 0 Å². The number of nitrogens with one attached hydrogen (secondary N) is 1. The van der Waals surface area contributed by atoms with E-state index in [1.54, 1.807) is 31.2 Å². The summed E-state index contributed by atoms with van der Waals surface area (Å²) in [5.41, 5.74) is 1.39. The van der Waals surface area contributed by atoms with Crippen molar-refractivity contribution in [3.63, 3.8) is 0 Å². The second-order valence-corrected chi connectivity index (χ2v) is 3.50. The zero-order valence-corrected chi connectivity index (χ0v) is 9.37. The van der Waals surface area contributed by atoms with Crippen molar-refractivity contribution in [2.75, 3.05) is 6.61 Å². The van der Waals surface area contributed by atoms with Gasteiger partial charge in [-0.15, -0.1) is 0 Å². The molecule has 0 amide bonds. The minimum absolute atomic E-state index is 0.318. The highest BCUT2D eigenvalue weighted by molar-refractivity contribution is 5.90. The third-order valence-corrected chi connectivity index (χ3v) is 2.36. The van der Waals surface area contributed by atoms with Gasteiger partial charge in [0.25, 0.3) is 0 Å². The highest BCUT2D eigenvalue weighted by Crippen LogP contribution is 2.22. The molecule has 2 aromatic rings. The van der Waals surface area contributed by atoms with Crippen LogP contribution in [-0.4, -0.2) is 17.6 Å². The largest absolute Gasteiger partial charge is 0.462 e. The molecule has 1 heterocycles. The Morgan fingerprint density at radius 1 is 1.41 bits per heavy atom. The summed E-state index contributed by atoms with van der Waals surface area (Å²) < 4.78 is 18.4. The number of carbonyl (C=O) groups is 1. The van der Waals surface area contributed by atoms with Crippen molar-refractivity contribution in [1.82, 2.24) is 4.98 Å². The fraction of sp³-hybridized carbons (Fsp3) is 0.154. The standard InChI is InChI=1S/C13H12FNO2/c1-2-17-13(16)9-7-12(15-8-9)10-5-3-4-6-11(10)14/h3-8,15H,2H2,1H3. The molecule has 0 radical (unpaired) electrons. The van der Waals surface area contributed by atoms with Crippen molar-refractivity contribution in [1.29, 1.82) is 0 Å². The Bertz CT molecular complexity index is 534. The molecule has 0 spiro atoms. The minimum atomic E-state index is -0.411. The van der Waals surface area contributed by atoms with Gasteiger partial charge in [0.15, 0.2) is 0 Å². The predicted octanol–water partition coefficient (Wildman–Crippen LogP) is 3.00.